The van der Waals surface area contributed by atoms with Crippen molar-refractivity contribution in [2.45, 2.75) is 34.6 Å². The van der Waals surface area contributed by atoms with E-state index in [0.717, 1.165) is 22.6 Å². The Morgan fingerprint density at radius 2 is 1.76 bits per heavy atom. The minimum Gasteiger partial charge on any atom is -0.463 e. The van der Waals surface area contributed by atoms with E-state index in [4.69, 9.17) is 11.2 Å². The summed E-state index contributed by atoms with van der Waals surface area (Å²) in [4.78, 5) is 4.57. The molecular formula is C20H27N4O-. The minimum atomic E-state index is 0.405. The van der Waals surface area contributed by atoms with E-state index >= 15 is 0 Å². The topological polar surface area (TPSA) is 40.6 Å². The fourth-order valence-corrected chi connectivity index (χ4v) is 1.94. The molecule has 0 unspecified atom stereocenters. The minimum absolute atomic E-state index is 0.405. The second-order valence-electron chi connectivity index (χ2n) is 5.98. The fraction of sp³-hybridized carbons (Fsp3) is 0.350. The zero-order chi connectivity index (χ0) is 19.3. The summed E-state index contributed by atoms with van der Waals surface area (Å²) in [6.45, 7) is 17.5. The average Bonchev–Trinajstić information content (AvgIpc) is 2.57. The first-order valence-corrected chi connectivity index (χ1v) is 7.93. The molecule has 1 heterocycles. The Hall–Kier alpha value is -2.87. The maximum absolute atomic E-state index is 7.15. The zero-order valence-corrected chi connectivity index (χ0v) is 16.2. The molecule has 0 fully saturated rings. The van der Waals surface area contributed by atoms with Crippen LogP contribution in [-0.2, 0) is 4.74 Å². The molecule has 0 spiro atoms. The molecule has 0 atom stereocenters. The van der Waals surface area contributed by atoms with Gasteiger partial charge in [-0.15, -0.1) is 5.57 Å². The van der Waals surface area contributed by atoms with E-state index in [1.807, 2.05) is 34.9 Å². The second kappa shape index (κ2) is 8.29. The standard InChI is InChI=1S/C20H27N4O/c1-11-13(2)17(6)25-19(8)24(10)23(9)18(7)22-20-15(4)12-14(3)16(5)21-20/h12H,7-8H2,2-6,9-10H3,(H,21,22)/q-1/b17-13-. The molecule has 0 saturated carbocycles. The van der Waals surface area contributed by atoms with Crippen molar-refractivity contribution in [3.63, 3.8) is 0 Å². The van der Waals surface area contributed by atoms with Crippen molar-refractivity contribution in [2.24, 2.45) is 0 Å². The van der Waals surface area contributed by atoms with Crippen molar-refractivity contribution in [2.75, 3.05) is 19.4 Å². The van der Waals surface area contributed by atoms with Gasteiger partial charge < -0.3 is 16.5 Å². The number of allylic oxidation sites excluding steroid dienone is 2. The molecule has 25 heavy (non-hydrogen) atoms. The van der Waals surface area contributed by atoms with Crippen LogP contribution in [0.25, 0.3) is 0 Å². The molecule has 0 aromatic carbocycles. The molecule has 0 aliphatic carbocycles. The van der Waals surface area contributed by atoms with Gasteiger partial charge in [0.2, 0.25) is 5.88 Å². The molecule has 1 rings (SSSR count). The summed E-state index contributed by atoms with van der Waals surface area (Å²) in [5.74, 6) is 4.68. The molecular weight excluding hydrogens is 312 g/mol. The van der Waals surface area contributed by atoms with Crippen LogP contribution in [0.2, 0.25) is 0 Å². The van der Waals surface area contributed by atoms with Crippen molar-refractivity contribution in [1.82, 2.24) is 15.0 Å². The molecule has 0 aliphatic rings. The summed E-state index contributed by atoms with van der Waals surface area (Å²) < 4.78 is 5.65. The van der Waals surface area contributed by atoms with Crippen LogP contribution in [-0.4, -0.2) is 29.1 Å². The van der Waals surface area contributed by atoms with Crippen LogP contribution in [0.5, 0.6) is 0 Å². The van der Waals surface area contributed by atoms with Crippen LogP contribution < -0.4 is 5.32 Å². The van der Waals surface area contributed by atoms with Gasteiger partial charge >= 0.3 is 0 Å². The molecule has 1 N–H and O–H groups in total. The number of pyridine rings is 1. The molecule has 0 saturated heterocycles. The van der Waals surface area contributed by atoms with Crippen LogP contribution >= 0.6 is 0 Å². The summed E-state index contributed by atoms with van der Waals surface area (Å²) in [5, 5.41) is 6.72. The zero-order valence-electron chi connectivity index (χ0n) is 16.2. The van der Waals surface area contributed by atoms with Gasteiger partial charge in [-0.1, -0.05) is 19.6 Å². The lowest BCUT2D eigenvalue weighted by Gasteiger charge is -2.34. The van der Waals surface area contributed by atoms with Gasteiger partial charge in [-0.05, 0) is 45.4 Å². The summed E-state index contributed by atoms with van der Waals surface area (Å²) in [5.41, 5.74) is 3.79. The van der Waals surface area contributed by atoms with Crippen LogP contribution in [0, 0.1) is 33.1 Å². The van der Waals surface area contributed by atoms with Crippen molar-refractivity contribution in [3.05, 3.63) is 65.5 Å². The molecule has 134 valence electrons. The van der Waals surface area contributed by atoms with E-state index in [0.29, 0.717) is 23.0 Å². The van der Waals surface area contributed by atoms with Gasteiger partial charge in [0, 0.05) is 25.5 Å². The number of nitrogens with zero attached hydrogens (tertiary/aromatic N) is 3. The molecule has 0 bridgehead atoms. The van der Waals surface area contributed by atoms with Gasteiger partial charge in [0.15, 0.2) is 0 Å². The highest BCUT2D eigenvalue weighted by Crippen LogP contribution is 2.20. The number of aryl methyl sites for hydroxylation is 3. The Kier molecular flexibility index (Phi) is 6.69. The highest BCUT2D eigenvalue weighted by molar-refractivity contribution is 5.49. The largest absolute Gasteiger partial charge is 0.463 e. The summed E-state index contributed by atoms with van der Waals surface area (Å²) in [6, 6.07) is 2.09. The van der Waals surface area contributed by atoms with Crippen LogP contribution in [0.3, 0.4) is 0 Å². The summed E-state index contributed by atoms with van der Waals surface area (Å²) in [6.07, 6.45) is 7.15. The third-order valence-electron chi connectivity index (χ3n) is 4.11. The Labute approximate surface area is 151 Å². The van der Waals surface area contributed by atoms with Gasteiger partial charge in [0.1, 0.15) is 11.6 Å². The Morgan fingerprint density at radius 1 is 1.16 bits per heavy atom. The third kappa shape index (κ3) is 5.05. The number of hydrogen-bond donors (Lipinski definition) is 1. The number of aromatic nitrogens is 1. The first kappa shape index (κ1) is 20.2. The maximum Gasteiger partial charge on any atom is 0.204 e. The van der Waals surface area contributed by atoms with Crippen molar-refractivity contribution in [3.8, 4) is 5.92 Å². The molecule has 1 aromatic heterocycles. The summed E-state index contributed by atoms with van der Waals surface area (Å²) >= 11 is 0. The Bertz CT molecular complexity index is 756. The lowest BCUT2D eigenvalue weighted by Crippen LogP contribution is -2.37. The van der Waals surface area contributed by atoms with E-state index in [1.54, 1.807) is 23.9 Å². The highest BCUT2D eigenvalue weighted by Gasteiger charge is 2.14. The average molecular weight is 339 g/mol. The van der Waals surface area contributed by atoms with Crippen molar-refractivity contribution < 1.29 is 4.74 Å². The van der Waals surface area contributed by atoms with Gasteiger partial charge in [0.25, 0.3) is 0 Å². The lowest BCUT2D eigenvalue weighted by molar-refractivity contribution is 0.0371. The number of hydrogen-bond acceptors (Lipinski definition) is 5. The number of anilines is 1. The number of ether oxygens (including phenoxy) is 1. The van der Waals surface area contributed by atoms with E-state index in [-0.39, 0.29) is 0 Å². The number of rotatable bonds is 7. The van der Waals surface area contributed by atoms with Crippen molar-refractivity contribution >= 4 is 5.82 Å². The van der Waals surface area contributed by atoms with E-state index in [9.17, 15) is 0 Å². The normalized spacial score (nSPS) is 11.1. The molecule has 0 amide bonds. The fourth-order valence-electron chi connectivity index (χ4n) is 1.94. The summed E-state index contributed by atoms with van der Waals surface area (Å²) in [7, 11) is 3.65. The Morgan fingerprint density at radius 3 is 2.32 bits per heavy atom. The monoisotopic (exact) mass is 339 g/mol. The number of hydrazine groups is 1. The van der Waals surface area contributed by atoms with Crippen LogP contribution in [0.1, 0.15) is 30.7 Å². The SMILES string of the molecule is [C-]#C/C(C)=C(/C)OC(=C)N(C)N(C)C(=C)Nc1nc(C)c(C)cc1C. The predicted molar refractivity (Wildman–Crippen MR) is 102 cm³/mol. The highest BCUT2D eigenvalue weighted by atomic mass is 16.5. The molecule has 5 nitrogen and oxygen atoms in total. The molecule has 5 heteroatoms. The first-order valence-electron chi connectivity index (χ1n) is 7.93. The quantitative estimate of drug-likeness (QED) is 0.351. The van der Waals surface area contributed by atoms with Gasteiger partial charge in [-0.2, -0.15) is 0 Å². The van der Waals surface area contributed by atoms with E-state index < -0.39 is 0 Å². The van der Waals surface area contributed by atoms with Gasteiger partial charge in [-0.3, -0.25) is 15.9 Å². The van der Waals surface area contributed by atoms with Crippen LogP contribution in [0.15, 0.2) is 42.3 Å². The Balaban J connectivity index is 2.84. The smallest absolute Gasteiger partial charge is 0.204 e. The first-order chi connectivity index (χ1) is 11.6. The third-order valence-corrected chi connectivity index (χ3v) is 4.11. The van der Waals surface area contributed by atoms with Gasteiger partial charge in [0.05, 0.1) is 0 Å². The molecule has 0 radical (unpaired) electrons. The second-order valence-corrected chi connectivity index (χ2v) is 5.98. The van der Waals surface area contributed by atoms with E-state index in [2.05, 4.69) is 35.4 Å². The van der Waals surface area contributed by atoms with E-state index in [1.165, 1.54) is 0 Å². The molecule has 1 aromatic rings. The maximum atomic E-state index is 7.15. The van der Waals surface area contributed by atoms with Gasteiger partial charge in [-0.25, -0.2) is 4.98 Å². The lowest BCUT2D eigenvalue weighted by atomic mass is 10.1. The predicted octanol–water partition coefficient (Wildman–Crippen LogP) is 4.04. The number of nitrogens with one attached hydrogen (secondary N) is 1. The van der Waals surface area contributed by atoms with Crippen molar-refractivity contribution in [1.29, 1.82) is 0 Å². The molecule has 0 aliphatic heterocycles. The van der Waals surface area contributed by atoms with Crippen LogP contribution in [0.4, 0.5) is 5.82 Å².